The molecule has 1 nitrogen and oxygen atoms in total. The fourth-order valence-corrected chi connectivity index (χ4v) is 1.57. The summed E-state index contributed by atoms with van der Waals surface area (Å²) in [5.74, 6) is -0.0614. The molecule has 0 saturated carbocycles. The Labute approximate surface area is 83.7 Å². The Hall–Kier alpha value is -0.820. The van der Waals surface area contributed by atoms with Gasteiger partial charge in [-0.05, 0) is 29.7 Å². The van der Waals surface area contributed by atoms with Crippen molar-refractivity contribution in [3.05, 3.63) is 34.3 Å². The van der Waals surface area contributed by atoms with E-state index in [0.29, 0.717) is 5.02 Å². The molecule has 1 atom stereocenters. The maximum Gasteiger partial charge on any atom is 0.127 e. The van der Waals surface area contributed by atoms with E-state index >= 15 is 0 Å². The van der Waals surface area contributed by atoms with Gasteiger partial charge >= 0.3 is 0 Å². The predicted octanol–water partition coefficient (Wildman–Crippen LogP) is 3.20. The molecule has 0 amide bonds. The molecule has 1 unspecified atom stereocenters. The fourth-order valence-electron chi connectivity index (χ4n) is 1.38. The van der Waals surface area contributed by atoms with E-state index in [9.17, 15) is 4.79 Å². The van der Waals surface area contributed by atoms with Crippen molar-refractivity contribution >= 4 is 17.9 Å². The number of hydrogen-bond donors (Lipinski definition) is 0. The smallest absolute Gasteiger partial charge is 0.127 e. The van der Waals surface area contributed by atoms with Gasteiger partial charge < -0.3 is 4.79 Å². The first-order valence-corrected chi connectivity index (χ1v) is 4.80. The summed E-state index contributed by atoms with van der Waals surface area (Å²) >= 11 is 5.86. The van der Waals surface area contributed by atoms with Gasteiger partial charge in [-0.25, -0.2) is 0 Å². The third-order valence-electron chi connectivity index (χ3n) is 2.18. The van der Waals surface area contributed by atoms with Gasteiger partial charge in [0, 0.05) is 10.9 Å². The molecule has 0 aliphatic heterocycles. The molecule has 1 aromatic carbocycles. The van der Waals surface area contributed by atoms with Crippen LogP contribution in [0.2, 0.25) is 5.02 Å². The van der Waals surface area contributed by atoms with E-state index < -0.39 is 0 Å². The second-order valence-corrected chi connectivity index (χ2v) is 3.56. The summed E-state index contributed by atoms with van der Waals surface area (Å²) < 4.78 is 0. The second-order valence-electron chi connectivity index (χ2n) is 3.12. The highest BCUT2D eigenvalue weighted by Gasteiger charge is 2.08. The van der Waals surface area contributed by atoms with E-state index in [-0.39, 0.29) is 5.92 Å². The van der Waals surface area contributed by atoms with Gasteiger partial charge in [-0.3, -0.25) is 0 Å². The maximum absolute atomic E-state index is 10.6. The number of carbonyl (C=O) groups excluding carboxylic acids is 1. The van der Waals surface area contributed by atoms with Gasteiger partial charge in [0.05, 0.1) is 0 Å². The normalized spacial score (nSPS) is 12.5. The third-order valence-corrected chi connectivity index (χ3v) is 2.42. The highest BCUT2D eigenvalue weighted by molar-refractivity contribution is 6.30. The lowest BCUT2D eigenvalue weighted by molar-refractivity contribution is -0.108. The van der Waals surface area contributed by atoms with Crippen LogP contribution in [0.1, 0.15) is 30.9 Å². The van der Waals surface area contributed by atoms with Crippen LogP contribution in [0.4, 0.5) is 0 Å². The lowest BCUT2D eigenvalue weighted by Gasteiger charge is -2.10. The summed E-state index contributed by atoms with van der Waals surface area (Å²) in [7, 11) is 0. The molecule has 0 heterocycles. The van der Waals surface area contributed by atoms with Gasteiger partial charge in [-0.2, -0.15) is 0 Å². The highest BCUT2D eigenvalue weighted by Crippen LogP contribution is 2.22. The van der Waals surface area contributed by atoms with E-state index in [4.69, 9.17) is 11.6 Å². The molecule has 0 spiro atoms. The van der Waals surface area contributed by atoms with Crippen molar-refractivity contribution in [2.24, 2.45) is 0 Å². The summed E-state index contributed by atoms with van der Waals surface area (Å²) in [6.07, 6.45) is 1.88. The zero-order chi connectivity index (χ0) is 9.84. The molecule has 0 fully saturated rings. The summed E-state index contributed by atoms with van der Waals surface area (Å²) in [6.45, 7) is 3.96. The molecule has 70 valence electrons. The monoisotopic (exact) mass is 196 g/mol. The van der Waals surface area contributed by atoms with Gasteiger partial charge in [0.15, 0.2) is 0 Å². The number of benzene rings is 1. The standard InChI is InChI=1S/C11H13ClO/c1-3-9-4-5-10(12)6-11(9)8(2)7-13/h4-8H,3H2,1-2H3. The molecule has 0 radical (unpaired) electrons. The summed E-state index contributed by atoms with van der Waals surface area (Å²) in [5, 5.41) is 0.695. The Kier molecular flexibility index (Phi) is 3.49. The summed E-state index contributed by atoms with van der Waals surface area (Å²) in [4.78, 5) is 10.6. The third kappa shape index (κ3) is 2.31. The van der Waals surface area contributed by atoms with Crippen molar-refractivity contribution in [1.82, 2.24) is 0 Å². The molecular weight excluding hydrogens is 184 g/mol. The average molecular weight is 197 g/mol. The molecule has 1 rings (SSSR count). The van der Waals surface area contributed by atoms with Gasteiger partial charge in [0.2, 0.25) is 0 Å². The lowest BCUT2D eigenvalue weighted by atomic mass is 9.95. The highest BCUT2D eigenvalue weighted by atomic mass is 35.5. The Morgan fingerprint density at radius 3 is 2.77 bits per heavy atom. The Morgan fingerprint density at radius 1 is 1.54 bits per heavy atom. The molecule has 2 heteroatoms. The summed E-state index contributed by atoms with van der Waals surface area (Å²) in [5.41, 5.74) is 2.24. The summed E-state index contributed by atoms with van der Waals surface area (Å²) in [6, 6.07) is 5.72. The number of hydrogen-bond acceptors (Lipinski definition) is 1. The fraction of sp³-hybridized carbons (Fsp3) is 0.364. The Morgan fingerprint density at radius 2 is 2.23 bits per heavy atom. The number of rotatable bonds is 3. The zero-order valence-corrected chi connectivity index (χ0v) is 8.64. The van der Waals surface area contributed by atoms with E-state index in [0.717, 1.165) is 18.3 Å². The number of carbonyl (C=O) groups is 1. The van der Waals surface area contributed by atoms with Crippen LogP contribution in [0.5, 0.6) is 0 Å². The van der Waals surface area contributed by atoms with Crippen molar-refractivity contribution in [3.8, 4) is 0 Å². The largest absolute Gasteiger partial charge is 0.303 e. The topological polar surface area (TPSA) is 17.1 Å². The van der Waals surface area contributed by atoms with Crippen molar-refractivity contribution < 1.29 is 4.79 Å². The van der Waals surface area contributed by atoms with Crippen LogP contribution in [0.15, 0.2) is 18.2 Å². The van der Waals surface area contributed by atoms with Crippen molar-refractivity contribution in [3.63, 3.8) is 0 Å². The van der Waals surface area contributed by atoms with Crippen LogP contribution < -0.4 is 0 Å². The quantitative estimate of drug-likeness (QED) is 0.679. The maximum atomic E-state index is 10.6. The van der Waals surface area contributed by atoms with Crippen LogP contribution in [0.3, 0.4) is 0 Å². The second kappa shape index (κ2) is 4.43. The minimum absolute atomic E-state index is 0.0614. The van der Waals surface area contributed by atoms with Gasteiger partial charge in [-0.1, -0.05) is 31.5 Å². The van der Waals surface area contributed by atoms with Crippen LogP contribution in [0, 0.1) is 0 Å². The number of halogens is 1. The van der Waals surface area contributed by atoms with E-state index in [1.165, 1.54) is 5.56 Å². The predicted molar refractivity (Wildman–Crippen MR) is 55.3 cm³/mol. The van der Waals surface area contributed by atoms with Gasteiger partial charge in [-0.15, -0.1) is 0 Å². The lowest BCUT2D eigenvalue weighted by Crippen LogP contribution is -1.99. The molecule has 1 aromatic rings. The van der Waals surface area contributed by atoms with Gasteiger partial charge in [0.25, 0.3) is 0 Å². The van der Waals surface area contributed by atoms with Crippen LogP contribution in [0.25, 0.3) is 0 Å². The van der Waals surface area contributed by atoms with Crippen LogP contribution >= 0.6 is 11.6 Å². The minimum Gasteiger partial charge on any atom is -0.303 e. The van der Waals surface area contributed by atoms with E-state index in [1.807, 2.05) is 25.1 Å². The molecule has 13 heavy (non-hydrogen) atoms. The Balaban J connectivity index is 3.14. The first-order valence-electron chi connectivity index (χ1n) is 4.42. The van der Waals surface area contributed by atoms with Crippen molar-refractivity contribution in [2.45, 2.75) is 26.2 Å². The molecule has 0 aromatic heterocycles. The van der Waals surface area contributed by atoms with Crippen molar-refractivity contribution in [1.29, 1.82) is 0 Å². The molecule has 0 aliphatic carbocycles. The number of aldehydes is 1. The molecule has 0 saturated heterocycles. The van der Waals surface area contributed by atoms with Gasteiger partial charge in [0.1, 0.15) is 6.29 Å². The molecule has 0 N–H and O–H groups in total. The molecular formula is C11H13ClO. The molecule has 0 bridgehead atoms. The molecule has 0 aliphatic rings. The van der Waals surface area contributed by atoms with Crippen molar-refractivity contribution in [2.75, 3.05) is 0 Å². The first-order chi connectivity index (χ1) is 6.19. The SMILES string of the molecule is CCc1ccc(Cl)cc1C(C)C=O. The Bertz CT molecular complexity index is 307. The van der Waals surface area contributed by atoms with Crippen LogP contribution in [-0.2, 0) is 11.2 Å². The minimum atomic E-state index is -0.0614. The van der Waals surface area contributed by atoms with E-state index in [2.05, 4.69) is 6.92 Å². The number of aryl methyl sites for hydroxylation is 1. The van der Waals surface area contributed by atoms with E-state index in [1.54, 1.807) is 0 Å². The van der Waals surface area contributed by atoms with Crippen LogP contribution in [-0.4, -0.2) is 6.29 Å². The first kappa shape index (κ1) is 10.3. The zero-order valence-electron chi connectivity index (χ0n) is 7.88. The average Bonchev–Trinajstić information content (AvgIpc) is 2.16.